The maximum Gasteiger partial charge on any atom is -0.0233 e. The van der Waals surface area contributed by atoms with E-state index in [2.05, 4.69) is 27.7 Å². The van der Waals surface area contributed by atoms with Crippen LogP contribution in [0.25, 0.3) is 0 Å². The van der Waals surface area contributed by atoms with E-state index in [1.807, 2.05) is 0 Å². The van der Waals surface area contributed by atoms with Gasteiger partial charge in [-0.15, -0.1) is 0 Å². The zero-order chi connectivity index (χ0) is 8.33. The normalized spacial score (nSPS) is 48.0. The highest BCUT2D eigenvalue weighted by Crippen LogP contribution is 2.80. The van der Waals surface area contributed by atoms with Gasteiger partial charge in [0.05, 0.1) is 0 Å². The second kappa shape index (κ2) is 1.67. The molecule has 0 amide bonds. The minimum atomic E-state index is 0.573. The molecule has 3 aliphatic carbocycles. The zero-order valence-electron chi connectivity index (χ0n) is 8.33. The third-order valence-electron chi connectivity index (χ3n) is 4.48. The Kier molecular flexibility index (Phi) is 1.16. The van der Waals surface area contributed by atoms with Crippen molar-refractivity contribution in [1.29, 1.82) is 0 Å². The number of hydrogen-bond donors (Lipinski definition) is 0. The summed E-state index contributed by atoms with van der Waals surface area (Å²) >= 11 is 0. The molecule has 11 heavy (non-hydrogen) atoms. The van der Waals surface area contributed by atoms with Crippen molar-refractivity contribution in [2.75, 3.05) is 0 Å². The van der Waals surface area contributed by atoms with E-state index < -0.39 is 0 Å². The molecule has 0 nitrogen and oxygen atoms in total. The Bertz CT molecular complexity index is 163. The van der Waals surface area contributed by atoms with Crippen molar-refractivity contribution in [2.45, 2.75) is 53.4 Å². The Hall–Kier alpha value is 0. The SMILES string of the molecule is CCC12CC(C(C)(C)C)(C1)C2. The number of rotatable bonds is 1. The van der Waals surface area contributed by atoms with E-state index in [-0.39, 0.29) is 0 Å². The zero-order valence-corrected chi connectivity index (χ0v) is 8.33. The van der Waals surface area contributed by atoms with Crippen LogP contribution in [-0.2, 0) is 0 Å². The summed E-state index contributed by atoms with van der Waals surface area (Å²) in [5, 5.41) is 0. The van der Waals surface area contributed by atoms with Crippen LogP contribution in [0.3, 0.4) is 0 Å². The van der Waals surface area contributed by atoms with Gasteiger partial charge in [-0.25, -0.2) is 0 Å². The van der Waals surface area contributed by atoms with Gasteiger partial charge in [0.15, 0.2) is 0 Å². The van der Waals surface area contributed by atoms with Crippen molar-refractivity contribution in [3.8, 4) is 0 Å². The molecule has 3 saturated carbocycles. The van der Waals surface area contributed by atoms with Gasteiger partial charge in [0.1, 0.15) is 0 Å². The van der Waals surface area contributed by atoms with Gasteiger partial charge in [0.2, 0.25) is 0 Å². The molecule has 0 unspecified atom stereocenters. The summed E-state index contributed by atoms with van der Waals surface area (Å²) in [5.74, 6) is 0. The highest BCUT2D eigenvalue weighted by atomic mass is 14.7. The van der Waals surface area contributed by atoms with Gasteiger partial charge in [-0.1, -0.05) is 34.1 Å². The number of hydrogen-bond acceptors (Lipinski definition) is 0. The molecule has 0 N–H and O–H groups in total. The average Bonchev–Trinajstić information content (AvgIpc) is 1.53. The van der Waals surface area contributed by atoms with E-state index in [9.17, 15) is 0 Å². The van der Waals surface area contributed by atoms with Crippen molar-refractivity contribution in [2.24, 2.45) is 16.2 Å². The first-order chi connectivity index (χ1) is 4.93. The first-order valence-corrected chi connectivity index (χ1v) is 4.93. The van der Waals surface area contributed by atoms with E-state index >= 15 is 0 Å². The average molecular weight is 152 g/mol. The molecule has 0 saturated heterocycles. The molecule has 0 aromatic carbocycles. The highest BCUT2D eigenvalue weighted by molar-refractivity contribution is 5.19. The minimum Gasteiger partial charge on any atom is -0.0649 e. The Morgan fingerprint density at radius 2 is 1.55 bits per heavy atom. The molecule has 0 radical (unpaired) electrons. The first-order valence-electron chi connectivity index (χ1n) is 4.93. The van der Waals surface area contributed by atoms with Gasteiger partial charge in [0, 0.05) is 0 Å². The predicted octanol–water partition coefficient (Wildman–Crippen LogP) is 3.61. The van der Waals surface area contributed by atoms with Crippen LogP contribution < -0.4 is 0 Å². The molecule has 0 heteroatoms. The summed E-state index contributed by atoms with van der Waals surface area (Å²) in [6.07, 6.45) is 6.00. The van der Waals surface area contributed by atoms with Gasteiger partial charge in [-0.2, -0.15) is 0 Å². The fourth-order valence-corrected chi connectivity index (χ4v) is 3.17. The lowest BCUT2D eigenvalue weighted by atomic mass is 9.29. The fraction of sp³-hybridized carbons (Fsp3) is 1.00. The van der Waals surface area contributed by atoms with E-state index in [1.165, 1.54) is 25.7 Å². The lowest BCUT2D eigenvalue weighted by Gasteiger charge is -2.76. The van der Waals surface area contributed by atoms with Crippen LogP contribution in [0.1, 0.15) is 53.4 Å². The first kappa shape index (κ1) is 7.64. The van der Waals surface area contributed by atoms with Gasteiger partial charge in [0.25, 0.3) is 0 Å². The summed E-state index contributed by atoms with van der Waals surface area (Å²) in [4.78, 5) is 0. The van der Waals surface area contributed by atoms with Crippen LogP contribution in [0.5, 0.6) is 0 Å². The molecule has 0 aromatic rings. The maximum atomic E-state index is 2.41. The van der Waals surface area contributed by atoms with Crippen LogP contribution in [0.2, 0.25) is 0 Å². The van der Waals surface area contributed by atoms with Crippen LogP contribution in [0.4, 0.5) is 0 Å². The van der Waals surface area contributed by atoms with E-state index in [1.54, 1.807) is 0 Å². The van der Waals surface area contributed by atoms with Crippen LogP contribution in [0.15, 0.2) is 0 Å². The van der Waals surface area contributed by atoms with Crippen LogP contribution in [-0.4, -0.2) is 0 Å². The second-order valence-corrected chi connectivity index (χ2v) is 5.91. The molecule has 0 aliphatic heterocycles. The van der Waals surface area contributed by atoms with E-state index in [4.69, 9.17) is 0 Å². The van der Waals surface area contributed by atoms with Crippen molar-refractivity contribution in [3.63, 3.8) is 0 Å². The molecule has 64 valence electrons. The monoisotopic (exact) mass is 152 g/mol. The van der Waals surface area contributed by atoms with Gasteiger partial charge >= 0.3 is 0 Å². The quantitative estimate of drug-likeness (QED) is 0.538. The maximum absolute atomic E-state index is 2.41. The standard InChI is InChI=1S/C11H20/c1-5-10-6-11(7-10,8-10)9(2,3)4/h5-8H2,1-4H3. The summed E-state index contributed by atoms with van der Waals surface area (Å²) in [7, 11) is 0. The Labute approximate surface area is 70.4 Å². The second-order valence-electron chi connectivity index (χ2n) is 5.91. The lowest BCUT2D eigenvalue weighted by molar-refractivity contribution is -0.260. The van der Waals surface area contributed by atoms with Gasteiger partial charge in [-0.05, 0) is 35.5 Å². The van der Waals surface area contributed by atoms with Crippen LogP contribution in [0, 0.1) is 16.2 Å². The van der Waals surface area contributed by atoms with Crippen molar-refractivity contribution < 1.29 is 0 Å². The van der Waals surface area contributed by atoms with Crippen molar-refractivity contribution in [3.05, 3.63) is 0 Å². The van der Waals surface area contributed by atoms with E-state index in [0.717, 1.165) is 10.8 Å². The fourth-order valence-electron chi connectivity index (χ4n) is 3.17. The largest absolute Gasteiger partial charge is 0.0649 e. The summed E-state index contributed by atoms with van der Waals surface area (Å²) in [5.41, 5.74) is 2.17. The summed E-state index contributed by atoms with van der Waals surface area (Å²) in [6, 6.07) is 0. The van der Waals surface area contributed by atoms with E-state index in [0.29, 0.717) is 5.41 Å². The smallest absolute Gasteiger partial charge is 0.0233 e. The molecule has 0 spiro atoms. The highest BCUT2D eigenvalue weighted by Gasteiger charge is 2.70. The third-order valence-corrected chi connectivity index (χ3v) is 4.48. The predicted molar refractivity (Wildman–Crippen MR) is 48.5 cm³/mol. The lowest BCUT2D eigenvalue weighted by Crippen LogP contribution is -2.66. The molecule has 3 aliphatic rings. The van der Waals surface area contributed by atoms with Gasteiger partial charge in [-0.3, -0.25) is 0 Å². The summed E-state index contributed by atoms with van der Waals surface area (Å²) < 4.78 is 0. The Balaban J connectivity index is 2.04. The Morgan fingerprint density at radius 3 is 1.82 bits per heavy atom. The molecule has 0 heterocycles. The molecular formula is C11H20. The molecule has 2 bridgehead atoms. The third kappa shape index (κ3) is 0.711. The van der Waals surface area contributed by atoms with Gasteiger partial charge < -0.3 is 0 Å². The molecule has 0 aromatic heterocycles. The van der Waals surface area contributed by atoms with Crippen molar-refractivity contribution in [1.82, 2.24) is 0 Å². The minimum absolute atomic E-state index is 0.573. The molecule has 0 atom stereocenters. The van der Waals surface area contributed by atoms with Crippen LogP contribution >= 0.6 is 0 Å². The Morgan fingerprint density at radius 1 is 1.09 bits per heavy atom. The molecule has 3 fully saturated rings. The molecular weight excluding hydrogens is 132 g/mol. The summed E-state index contributed by atoms with van der Waals surface area (Å²) in [6.45, 7) is 9.58. The molecule has 3 rings (SSSR count). The topological polar surface area (TPSA) is 0 Å². The van der Waals surface area contributed by atoms with Crippen molar-refractivity contribution >= 4 is 0 Å².